The molecule has 0 aromatic rings. The van der Waals surface area contributed by atoms with E-state index >= 15 is 0 Å². The molecule has 1 aliphatic rings. The average Bonchev–Trinajstić information content (AvgIpc) is 2.35. The topological polar surface area (TPSA) is 43.4 Å². The summed E-state index contributed by atoms with van der Waals surface area (Å²) in [5, 5.41) is 0. The zero-order valence-electron chi connectivity index (χ0n) is 13.5. The van der Waals surface area contributed by atoms with Crippen LogP contribution in [0, 0.1) is 17.8 Å². The number of carbonyl (C=O) groups is 2. The molecule has 3 heteroatoms. The van der Waals surface area contributed by atoms with Crippen LogP contribution in [0.5, 0.6) is 0 Å². The Morgan fingerprint density at radius 3 is 2.55 bits per heavy atom. The quantitative estimate of drug-likeness (QED) is 0.520. The van der Waals surface area contributed by atoms with Crippen molar-refractivity contribution in [3.63, 3.8) is 0 Å². The summed E-state index contributed by atoms with van der Waals surface area (Å²) in [5.74, 6) is 1.27. The summed E-state index contributed by atoms with van der Waals surface area (Å²) in [5.41, 5.74) is 0. The van der Waals surface area contributed by atoms with E-state index in [-0.39, 0.29) is 24.3 Å². The van der Waals surface area contributed by atoms with Crippen LogP contribution < -0.4 is 0 Å². The van der Waals surface area contributed by atoms with Crippen LogP contribution in [0.3, 0.4) is 0 Å². The van der Waals surface area contributed by atoms with E-state index in [0.29, 0.717) is 24.2 Å². The van der Waals surface area contributed by atoms with Crippen LogP contribution in [0.2, 0.25) is 0 Å². The highest BCUT2D eigenvalue weighted by Crippen LogP contribution is 2.35. The zero-order valence-corrected chi connectivity index (χ0v) is 13.5. The Kier molecular flexibility index (Phi) is 7.25. The molecule has 0 unspecified atom stereocenters. The predicted molar refractivity (Wildman–Crippen MR) is 80.4 cm³/mol. The van der Waals surface area contributed by atoms with Crippen molar-refractivity contribution in [3.05, 3.63) is 0 Å². The van der Waals surface area contributed by atoms with Crippen molar-refractivity contribution in [3.8, 4) is 0 Å². The summed E-state index contributed by atoms with van der Waals surface area (Å²) in [6.07, 6.45) is 5.59. The molecule has 0 aromatic heterocycles. The van der Waals surface area contributed by atoms with Crippen LogP contribution >= 0.6 is 0 Å². The average molecular weight is 282 g/mol. The summed E-state index contributed by atoms with van der Waals surface area (Å²) in [7, 11) is 0. The minimum Gasteiger partial charge on any atom is -0.462 e. The minimum atomic E-state index is -0.323. The number of ketones is 1. The maximum Gasteiger partial charge on any atom is 0.313 e. The third kappa shape index (κ3) is 5.64. The number of unbranched alkanes of at least 4 members (excludes halogenated alkanes) is 1. The van der Waals surface area contributed by atoms with Crippen LogP contribution in [-0.4, -0.2) is 17.9 Å². The molecule has 0 aromatic carbocycles. The molecule has 0 radical (unpaired) electrons. The van der Waals surface area contributed by atoms with Crippen molar-refractivity contribution in [2.75, 3.05) is 0 Å². The van der Waals surface area contributed by atoms with Gasteiger partial charge in [-0.25, -0.2) is 0 Å². The second-order valence-electron chi connectivity index (χ2n) is 6.67. The second kappa shape index (κ2) is 8.43. The highest BCUT2D eigenvalue weighted by Gasteiger charge is 2.33. The van der Waals surface area contributed by atoms with Crippen LogP contribution in [0.4, 0.5) is 0 Å². The fraction of sp³-hybridized carbons (Fsp3) is 0.882. The molecule has 0 N–H and O–H groups in total. The van der Waals surface area contributed by atoms with E-state index in [2.05, 4.69) is 20.8 Å². The van der Waals surface area contributed by atoms with Crippen molar-refractivity contribution in [2.24, 2.45) is 17.8 Å². The lowest BCUT2D eigenvalue weighted by atomic mass is 9.75. The lowest BCUT2D eigenvalue weighted by Gasteiger charge is -2.36. The lowest BCUT2D eigenvalue weighted by Crippen LogP contribution is -2.36. The highest BCUT2D eigenvalue weighted by molar-refractivity contribution is 5.95. The van der Waals surface area contributed by atoms with E-state index in [0.717, 1.165) is 25.7 Å². The summed E-state index contributed by atoms with van der Waals surface area (Å²) in [4.78, 5) is 23.5. The van der Waals surface area contributed by atoms with E-state index in [1.165, 1.54) is 6.42 Å². The number of Topliss-reactive ketones (excluding diaryl/α,β-unsaturated/α-hetero) is 1. The molecule has 0 saturated heterocycles. The molecule has 0 amide bonds. The molecule has 0 bridgehead atoms. The molecule has 0 aliphatic heterocycles. The van der Waals surface area contributed by atoms with Crippen LogP contribution in [0.25, 0.3) is 0 Å². The van der Waals surface area contributed by atoms with Crippen LogP contribution in [0.15, 0.2) is 0 Å². The van der Waals surface area contributed by atoms with E-state index in [1.807, 2.05) is 6.92 Å². The Morgan fingerprint density at radius 2 is 1.95 bits per heavy atom. The Balaban J connectivity index is 2.46. The van der Waals surface area contributed by atoms with Crippen LogP contribution in [-0.2, 0) is 14.3 Å². The first kappa shape index (κ1) is 17.2. The van der Waals surface area contributed by atoms with Gasteiger partial charge in [0.2, 0.25) is 0 Å². The van der Waals surface area contributed by atoms with E-state index in [4.69, 9.17) is 4.74 Å². The van der Waals surface area contributed by atoms with E-state index in [9.17, 15) is 9.59 Å². The van der Waals surface area contributed by atoms with E-state index in [1.54, 1.807) is 0 Å². The van der Waals surface area contributed by atoms with Gasteiger partial charge in [0.1, 0.15) is 18.3 Å². The maximum atomic E-state index is 11.9. The molecule has 1 saturated carbocycles. The third-order valence-corrected chi connectivity index (χ3v) is 4.39. The largest absolute Gasteiger partial charge is 0.462 e. The molecule has 1 rings (SSSR count). The van der Waals surface area contributed by atoms with Crippen molar-refractivity contribution in [1.29, 1.82) is 0 Å². The smallest absolute Gasteiger partial charge is 0.313 e. The first-order chi connectivity index (χ1) is 9.43. The SMILES string of the molecule is CCCCC(=O)CC(=O)O[C@H]1C[C@H](C)CC[C@H]1C(C)C. The molecular formula is C17H30O3. The highest BCUT2D eigenvalue weighted by atomic mass is 16.5. The van der Waals surface area contributed by atoms with Gasteiger partial charge < -0.3 is 4.74 Å². The fourth-order valence-electron chi connectivity index (χ4n) is 3.08. The molecule has 20 heavy (non-hydrogen) atoms. The standard InChI is InChI=1S/C17H30O3/c1-5-6-7-14(18)11-17(19)20-16-10-13(4)8-9-15(16)12(2)3/h12-13,15-16H,5-11H2,1-4H3/t13-,15+,16+/m1/s1. The number of hydrogen-bond donors (Lipinski definition) is 0. The number of carbonyl (C=O) groups excluding carboxylic acids is 2. The Bertz CT molecular complexity index is 322. The van der Waals surface area contributed by atoms with Gasteiger partial charge in [-0.1, -0.05) is 40.5 Å². The number of hydrogen-bond acceptors (Lipinski definition) is 3. The van der Waals surface area contributed by atoms with Gasteiger partial charge in [0.15, 0.2) is 0 Å². The number of ether oxygens (including phenoxy) is 1. The van der Waals surface area contributed by atoms with Gasteiger partial charge in [-0.15, -0.1) is 0 Å². The molecule has 1 aliphatic carbocycles. The van der Waals surface area contributed by atoms with Gasteiger partial charge in [0, 0.05) is 6.42 Å². The minimum absolute atomic E-state index is 0.00484. The number of rotatable bonds is 7. The van der Waals surface area contributed by atoms with Gasteiger partial charge in [-0.3, -0.25) is 9.59 Å². The summed E-state index contributed by atoms with van der Waals surface area (Å²) in [6, 6.07) is 0. The van der Waals surface area contributed by atoms with Crippen molar-refractivity contribution in [1.82, 2.24) is 0 Å². The molecule has 116 valence electrons. The Labute approximate surface area is 123 Å². The molecule has 0 heterocycles. The molecule has 1 fully saturated rings. The summed E-state index contributed by atoms with van der Waals surface area (Å²) < 4.78 is 5.63. The van der Waals surface area contributed by atoms with Crippen molar-refractivity contribution in [2.45, 2.75) is 78.7 Å². The third-order valence-electron chi connectivity index (χ3n) is 4.39. The van der Waals surface area contributed by atoms with Crippen molar-refractivity contribution < 1.29 is 14.3 Å². The second-order valence-corrected chi connectivity index (χ2v) is 6.67. The summed E-state index contributed by atoms with van der Waals surface area (Å²) in [6.45, 7) is 8.63. The van der Waals surface area contributed by atoms with Crippen LogP contribution in [0.1, 0.15) is 72.6 Å². The first-order valence-electron chi connectivity index (χ1n) is 8.15. The van der Waals surface area contributed by atoms with Gasteiger partial charge in [0.05, 0.1) is 0 Å². The van der Waals surface area contributed by atoms with Gasteiger partial charge in [-0.05, 0) is 37.0 Å². The van der Waals surface area contributed by atoms with Gasteiger partial charge in [0.25, 0.3) is 0 Å². The Morgan fingerprint density at radius 1 is 1.25 bits per heavy atom. The summed E-state index contributed by atoms with van der Waals surface area (Å²) >= 11 is 0. The predicted octanol–water partition coefficient (Wildman–Crippen LogP) is 4.14. The Hall–Kier alpha value is -0.860. The molecule has 3 atom stereocenters. The number of esters is 1. The monoisotopic (exact) mass is 282 g/mol. The van der Waals surface area contributed by atoms with E-state index < -0.39 is 0 Å². The van der Waals surface area contributed by atoms with Crippen molar-refractivity contribution >= 4 is 11.8 Å². The fourth-order valence-corrected chi connectivity index (χ4v) is 3.08. The molecule has 0 spiro atoms. The molecule has 3 nitrogen and oxygen atoms in total. The van der Waals surface area contributed by atoms with Gasteiger partial charge >= 0.3 is 5.97 Å². The lowest BCUT2D eigenvalue weighted by molar-refractivity contribution is -0.157. The normalized spacial score (nSPS) is 26.6. The maximum absolute atomic E-state index is 11.9. The molecular weight excluding hydrogens is 252 g/mol. The first-order valence-corrected chi connectivity index (χ1v) is 8.15. The van der Waals surface area contributed by atoms with Gasteiger partial charge in [-0.2, -0.15) is 0 Å². The zero-order chi connectivity index (χ0) is 15.1.